The average Bonchev–Trinajstić information content (AvgIpc) is 2.65. The zero-order valence-electron chi connectivity index (χ0n) is 17.0. The number of nitrogens with zero attached hydrogens (tertiary/aromatic N) is 2. The van der Waals surface area contributed by atoms with Crippen molar-refractivity contribution in [3.63, 3.8) is 0 Å². The molecule has 2 fully saturated rings. The second kappa shape index (κ2) is 11.3. The molecule has 5 nitrogen and oxygen atoms in total. The van der Waals surface area contributed by atoms with E-state index in [1.807, 2.05) is 18.2 Å². The first-order chi connectivity index (χ1) is 13.1. The Bertz CT molecular complexity index is 671. The molecule has 28 heavy (non-hydrogen) atoms. The highest BCUT2D eigenvalue weighted by Crippen LogP contribution is 2.42. The molecule has 0 unspecified atom stereocenters. The van der Waals surface area contributed by atoms with Gasteiger partial charge in [0.05, 0.1) is 6.54 Å². The zero-order valence-corrected chi connectivity index (χ0v) is 20.1. The number of thioether (sulfide) groups is 1. The molecule has 1 aliphatic carbocycles. The van der Waals surface area contributed by atoms with Gasteiger partial charge < -0.3 is 15.5 Å². The Kier molecular flexibility index (Phi) is 9.40. The van der Waals surface area contributed by atoms with E-state index in [1.165, 1.54) is 44.8 Å². The Hall–Kier alpha value is -0.960. The fourth-order valence-corrected chi connectivity index (χ4v) is 5.64. The topological polar surface area (TPSA) is 56.7 Å². The molecular formula is C21H33IN4OS. The zero-order chi connectivity index (χ0) is 19.1. The largest absolute Gasteiger partial charge is 0.357 e. The van der Waals surface area contributed by atoms with E-state index in [-0.39, 0.29) is 29.9 Å². The van der Waals surface area contributed by atoms with Crippen molar-refractivity contribution in [2.45, 2.75) is 57.2 Å². The predicted octanol–water partition coefficient (Wildman–Crippen LogP) is 4.48. The fourth-order valence-electron chi connectivity index (χ4n) is 4.07. The normalized spacial score (nSPS) is 19.1. The van der Waals surface area contributed by atoms with Gasteiger partial charge in [-0.15, -0.1) is 24.0 Å². The Balaban J connectivity index is 0.00000280. The molecule has 1 amide bonds. The summed E-state index contributed by atoms with van der Waals surface area (Å²) in [5.74, 6) is 2.16. The Labute approximate surface area is 190 Å². The lowest BCUT2D eigenvalue weighted by Gasteiger charge is -2.45. The number of carbonyl (C=O) groups excluding carboxylic acids is 1. The van der Waals surface area contributed by atoms with Crippen molar-refractivity contribution < 1.29 is 4.79 Å². The van der Waals surface area contributed by atoms with Crippen LogP contribution in [-0.2, 0) is 11.3 Å². The third-order valence-corrected chi connectivity index (χ3v) is 6.84. The van der Waals surface area contributed by atoms with Crippen LogP contribution >= 0.6 is 35.7 Å². The number of halogens is 1. The molecular weight excluding hydrogens is 483 g/mol. The van der Waals surface area contributed by atoms with E-state index in [0.29, 0.717) is 11.3 Å². The van der Waals surface area contributed by atoms with Crippen LogP contribution in [0.15, 0.2) is 29.3 Å². The van der Waals surface area contributed by atoms with Crippen molar-refractivity contribution in [1.82, 2.24) is 10.2 Å². The summed E-state index contributed by atoms with van der Waals surface area (Å²) in [5, 5.41) is 6.33. The average molecular weight is 516 g/mol. The molecule has 1 aromatic carbocycles. The van der Waals surface area contributed by atoms with Gasteiger partial charge in [-0.1, -0.05) is 31.4 Å². The molecule has 0 radical (unpaired) electrons. The van der Waals surface area contributed by atoms with E-state index >= 15 is 0 Å². The van der Waals surface area contributed by atoms with E-state index in [2.05, 4.69) is 40.3 Å². The van der Waals surface area contributed by atoms with Gasteiger partial charge in [-0.25, -0.2) is 4.99 Å². The molecule has 0 bridgehead atoms. The van der Waals surface area contributed by atoms with E-state index < -0.39 is 0 Å². The SMILES string of the molecule is CCNC(=NCc1cccc(NC(C)=O)c1)N1CCSC2(CCCCC2)C1.I. The van der Waals surface area contributed by atoms with Crippen molar-refractivity contribution in [1.29, 1.82) is 0 Å². The number of anilines is 1. The first-order valence-corrected chi connectivity index (χ1v) is 11.1. The number of benzene rings is 1. The smallest absolute Gasteiger partial charge is 0.221 e. The molecule has 1 saturated carbocycles. The molecule has 1 aromatic rings. The van der Waals surface area contributed by atoms with Gasteiger partial charge in [-0.2, -0.15) is 11.8 Å². The highest BCUT2D eigenvalue weighted by Gasteiger charge is 2.38. The molecule has 2 N–H and O–H groups in total. The standard InChI is InChI=1S/C21H32N4OS.HI/c1-3-22-20(23-15-18-8-7-9-19(14-18)24-17(2)26)25-12-13-27-21(16-25)10-5-4-6-11-21;/h7-9,14H,3-6,10-13,15-16H2,1-2H3,(H,22,23)(H,24,26);1H. The van der Waals surface area contributed by atoms with E-state index in [4.69, 9.17) is 4.99 Å². The monoisotopic (exact) mass is 516 g/mol. The van der Waals surface area contributed by atoms with Crippen molar-refractivity contribution in [2.75, 3.05) is 30.7 Å². The van der Waals surface area contributed by atoms with Gasteiger partial charge in [0, 0.05) is 42.7 Å². The first kappa shape index (κ1) is 23.3. The quantitative estimate of drug-likeness (QED) is 0.352. The Morgan fingerprint density at radius 3 is 2.79 bits per heavy atom. The number of hydrogen-bond donors (Lipinski definition) is 2. The van der Waals surface area contributed by atoms with Gasteiger partial charge in [0.25, 0.3) is 0 Å². The van der Waals surface area contributed by atoms with Crippen LogP contribution in [0.5, 0.6) is 0 Å². The van der Waals surface area contributed by atoms with Crippen LogP contribution in [-0.4, -0.2) is 46.9 Å². The second-order valence-electron chi connectivity index (χ2n) is 7.57. The predicted molar refractivity (Wildman–Crippen MR) is 131 cm³/mol. The van der Waals surface area contributed by atoms with Gasteiger partial charge >= 0.3 is 0 Å². The van der Waals surface area contributed by atoms with Gasteiger partial charge in [0.1, 0.15) is 0 Å². The van der Waals surface area contributed by atoms with Crippen LogP contribution in [0.4, 0.5) is 5.69 Å². The lowest BCUT2D eigenvalue weighted by Crippen LogP contribution is -2.53. The molecule has 1 heterocycles. The molecule has 0 aromatic heterocycles. The lowest BCUT2D eigenvalue weighted by molar-refractivity contribution is -0.114. The number of guanidine groups is 1. The summed E-state index contributed by atoms with van der Waals surface area (Å²) in [6.07, 6.45) is 6.80. The maximum Gasteiger partial charge on any atom is 0.221 e. The number of carbonyl (C=O) groups is 1. The van der Waals surface area contributed by atoms with Crippen molar-refractivity contribution in [3.8, 4) is 0 Å². The van der Waals surface area contributed by atoms with Gasteiger partial charge in [-0.05, 0) is 37.5 Å². The van der Waals surface area contributed by atoms with Gasteiger partial charge in [0.15, 0.2) is 5.96 Å². The third-order valence-electron chi connectivity index (χ3n) is 5.31. The van der Waals surface area contributed by atoms with E-state index in [0.717, 1.165) is 36.8 Å². The summed E-state index contributed by atoms with van der Waals surface area (Å²) in [5.41, 5.74) is 1.94. The maximum absolute atomic E-state index is 11.3. The van der Waals surface area contributed by atoms with Gasteiger partial charge in [0.2, 0.25) is 5.91 Å². The summed E-state index contributed by atoms with van der Waals surface area (Å²) in [7, 11) is 0. The maximum atomic E-state index is 11.3. The minimum absolute atomic E-state index is 0. The van der Waals surface area contributed by atoms with E-state index in [1.54, 1.807) is 0 Å². The number of amides is 1. The number of rotatable bonds is 4. The fraction of sp³-hybridized carbons (Fsp3) is 0.619. The first-order valence-electron chi connectivity index (χ1n) is 10.1. The summed E-state index contributed by atoms with van der Waals surface area (Å²) in [6.45, 7) is 7.32. The van der Waals surface area contributed by atoms with Crippen LogP contribution < -0.4 is 10.6 Å². The molecule has 2 aliphatic rings. The highest BCUT2D eigenvalue weighted by molar-refractivity contribution is 14.0. The van der Waals surface area contributed by atoms with Crippen molar-refractivity contribution in [2.24, 2.45) is 4.99 Å². The van der Waals surface area contributed by atoms with Gasteiger partial charge in [-0.3, -0.25) is 4.79 Å². The van der Waals surface area contributed by atoms with Crippen LogP contribution in [0.3, 0.4) is 0 Å². The minimum atomic E-state index is -0.0485. The van der Waals surface area contributed by atoms with Crippen molar-refractivity contribution >= 4 is 53.3 Å². The summed E-state index contributed by atoms with van der Waals surface area (Å²) in [4.78, 5) is 18.6. The molecule has 7 heteroatoms. The van der Waals surface area contributed by atoms with Crippen LogP contribution in [0.25, 0.3) is 0 Å². The molecule has 1 saturated heterocycles. The van der Waals surface area contributed by atoms with Crippen molar-refractivity contribution in [3.05, 3.63) is 29.8 Å². The Morgan fingerprint density at radius 1 is 1.29 bits per heavy atom. The highest BCUT2D eigenvalue weighted by atomic mass is 127. The second-order valence-corrected chi connectivity index (χ2v) is 9.13. The summed E-state index contributed by atoms with van der Waals surface area (Å²) in [6, 6.07) is 7.95. The Morgan fingerprint density at radius 2 is 2.07 bits per heavy atom. The molecule has 0 atom stereocenters. The number of nitrogens with one attached hydrogen (secondary N) is 2. The molecule has 156 valence electrons. The number of aliphatic imine (C=N–C) groups is 1. The third kappa shape index (κ3) is 6.54. The summed E-state index contributed by atoms with van der Waals surface area (Å²) >= 11 is 2.18. The van der Waals surface area contributed by atoms with E-state index in [9.17, 15) is 4.79 Å². The lowest BCUT2D eigenvalue weighted by atomic mass is 9.87. The van der Waals surface area contributed by atoms with Crippen LogP contribution in [0.1, 0.15) is 51.5 Å². The summed E-state index contributed by atoms with van der Waals surface area (Å²) < 4.78 is 0.429. The van der Waals surface area contributed by atoms with Crippen LogP contribution in [0.2, 0.25) is 0 Å². The van der Waals surface area contributed by atoms with Crippen LogP contribution in [0, 0.1) is 0 Å². The number of hydrogen-bond acceptors (Lipinski definition) is 3. The molecule has 1 spiro atoms. The molecule has 3 rings (SSSR count). The minimum Gasteiger partial charge on any atom is -0.357 e. The molecule has 1 aliphatic heterocycles.